The molecule has 2 atom stereocenters. The van der Waals surface area contributed by atoms with E-state index in [1.165, 1.54) is 0 Å². The predicted octanol–water partition coefficient (Wildman–Crippen LogP) is 0.515. The van der Waals surface area contributed by atoms with E-state index in [1.54, 1.807) is 7.11 Å². The van der Waals surface area contributed by atoms with Gasteiger partial charge >= 0.3 is 5.97 Å². The van der Waals surface area contributed by atoms with E-state index in [-0.39, 0.29) is 5.91 Å². The average Bonchev–Trinajstić information content (AvgIpc) is 2.87. The van der Waals surface area contributed by atoms with Crippen LogP contribution in [0.15, 0.2) is 0 Å². The van der Waals surface area contributed by atoms with E-state index < -0.39 is 17.6 Å². The highest BCUT2D eigenvalue weighted by Gasteiger charge is 2.40. The summed E-state index contributed by atoms with van der Waals surface area (Å²) in [7, 11) is 1.57. The zero-order valence-corrected chi connectivity index (χ0v) is 11.7. The Morgan fingerprint density at radius 1 is 1.53 bits per heavy atom. The number of aliphatic carboxylic acids is 1. The summed E-state index contributed by atoms with van der Waals surface area (Å²) in [5.74, 6) is -1.19. The van der Waals surface area contributed by atoms with Crippen molar-refractivity contribution < 1.29 is 19.4 Å². The van der Waals surface area contributed by atoms with Crippen LogP contribution >= 0.6 is 0 Å². The topological polar surface area (TPSA) is 87.7 Å². The lowest BCUT2D eigenvalue weighted by atomic mass is 9.92. The second-order valence-electron chi connectivity index (χ2n) is 4.97. The number of rotatable bonds is 8. The third kappa shape index (κ3) is 4.18. The Bertz CT molecular complexity index is 314. The van der Waals surface area contributed by atoms with Crippen LogP contribution in [0, 0.1) is 0 Å². The van der Waals surface area contributed by atoms with Crippen molar-refractivity contribution in [1.82, 2.24) is 10.6 Å². The van der Waals surface area contributed by atoms with Crippen molar-refractivity contribution in [3.8, 4) is 0 Å². The molecule has 2 unspecified atom stereocenters. The van der Waals surface area contributed by atoms with Crippen molar-refractivity contribution >= 4 is 11.9 Å². The molecule has 0 saturated carbocycles. The van der Waals surface area contributed by atoms with Gasteiger partial charge in [-0.2, -0.15) is 0 Å². The molecule has 0 aliphatic carbocycles. The van der Waals surface area contributed by atoms with Crippen LogP contribution < -0.4 is 10.6 Å². The summed E-state index contributed by atoms with van der Waals surface area (Å²) < 4.78 is 4.90. The number of methoxy groups -OCH3 is 1. The largest absolute Gasteiger partial charge is 0.480 e. The number of ether oxygens (including phenoxy) is 1. The molecular weight excluding hydrogens is 248 g/mol. The van der Waals surface area contributed by atoms with Gasteiger partial charge in [-0.25, -0.2) is 4.79 Å². The van der Waals surface area contributed by atoms with E-state index in [1.807, 2.05) is 6.92 Å². The molecule has 1 aliphatic heterocycles. The van der Waals surface area contributed by atoms with Crippen LogP contribution in [0.4, 0.5) is 0 Å². The number of carbonyl (C=O) groups excluding carboxylic acids is 1. The van der Waals surface area contributed by atoms with Crippen molar-refractivity contribution in [3.05, 3.63) is 0 Å². The molecule has 110 valence electrons. The molecule has 19 heavy (non-hydrogen) atoms. The molecule has 1 fully saturated rings. The molecule has 1 aliphatic rings. The Kier molecular flexibility index (Phi) is 6.24. The lowest BCUT2D eigenvalue weighted by Gasteiger charge is -2.28. The SMILES string of the molecule is CCC1(C(=O)NC(CCCOC)C(=O)O)CCCN1. The summed E-state index contributed by atoms with van der Waals surface area (Å²) in [5, 5.41) is 15.0. The van der Waals surface area contributed by atoms with Gasteiger partial charge in [-0.05, 0) is 38.6 Å². The Morgan fingerprint density at radius 2 is 2.26 bits per heavy atom. The molecule has 6 heteroatoms. The van der Waals surface area contributed by atoms with E-state index in [9.17, 15) is 9.59 Å². The van der Waals surface area contributed by atoms with Gasteiger partial charge in [0.05, 0.1) is 5.54 Å². The fourth-order valence-corrected chi connectivity index (χ4v) is 2.45. The van der Waals surface area contributed by atoms with Crippen LogP contribution in [0.25, 0.3) is 0 Å². The third-order valence-corrected chi connectivity index (χ3v) is 3.73. The minimum absolute atomic E-state index is 0.197. The van der Waals surface area contributed by atoms with Gasteiger partial charge in [0.15, 0.2) is 0 Å². The lowest BCUT2D eigenvalue weighted by molar-refractivity contribution is -0.143. The number of carboxylic acids is 1. The van der Waals surface area contributed by atoms with E-state index in [0.717, 1.165) is 19.4 Å². The van der Waals surface area contributed by atoms with E-state index in [0.29, 0.717) is 25.9 Å². The van der Waals surface area contributed by atoms with E-state index in [2.05, 4.69) is 10.6 Å². The van der Waals surface area contributed by atoms with Crippen molar-refractivity contribution in [2.75, 3.05) is 20.3 Å². The van der Waals surface area contributed by atoms with Gasteiger partial charge in [0, 0.05) is 13.7 Å². The minimum atomic E-state index is -0.992. The second kappa shape index (κ2) is 7.45. The van der Waals surface area contributed by atoms with E-state index in [4.69, 9.17) is 9.84 Å². The molecule has 0 aromatic carbocycles. The normalized spacial score (nSPS) is 24.1. The van der Waals surface area contributed by atoms with Gasteiger partial charge in [-0.1, -0.05) is 6.92 Å². The highest BCUT2D eigenvalue weighted by molar-refractivity contribution is 5.90. The van der Waals surface area contributed by atoms with Crippen LogP contribution in [-0.4, -0.2) is 48.8 Å². The highest BCUT2D eigenvalue weighted by atomic mass is 16.5. The van der Waals surface area contributed by atoms with Crippen LogP contribution in [0.1, 0.15) is 39.0 Å². The first-order valence-corrected chi connectivity index (χ1v) is 6.83. The maximum Gasteiger partial charge on any atom is 0.326 e. The minimum Gasteiger partial charge on any atom is -0.480 e. The summed E-state index contributed by atoms with van der Waals surface area (Å²) in [5.41, 5.74) is -0.588. The van der Waals surface area contributed by atoms with Crippen LogP contribution in [0.3, 0.4) is 0 Å². The highest BCUT2D eigenvalue weighted by Crippen LogP contribution is 2.23. The Labute approximate surface area is 113 Å². The monoisotopic (exact) mass is 272 g/mol. The van der Waals surface area contributed by atoms with Gasteiger partial charge in [0.2, 0.25) is 5.91 Å². The van der Waals surface area contributed by atoms with Crippen molar-refractivity contribution in [2.24, 2.45) is 0 Å². The Hall–Kier alpha value is -1.14. The summed E-state index contributed by atoms with van der Waals surface area (Å²) in [6.07, 6.45) is 3.38. The molecule has 0 aromatic heterocycles. The molecule has 0 bridgehead atoms. The fourth-order valence-electron chi connectivity index (χ4n) is 2.45. The zero-order valence-electron chi connectivity index (χ0n) is 11.7. The predicted molar refractivity (Wildman–Crippen MR) is 70.9 cm³/mol. The number of carbonyl (C=O) groups is 2. The molecule has 3 N–H and O–H groups in total. The third-order valence-electron chi connectivity index (χ3n) is 3.73. The number of carboxylic acid groups (broad SMARTS) is 1. The molecule has 0 spiro atoms. The van der Waals surface area contributed by atoms with Gasteiger partial charge < -0.3 is 20.5 Å². The molecule has 0 radical (unpaired) electrons. The molecule has 1 heterocycles. The first-order valence-electron chi connectivity index (χ1n) is 6.83. The van der Waals surface area contributed by atoms with Crippen molar-refractivity contribution in [3.63, 3.8) is 0 Å². The number of nitrogens with one attached hydrogen (secondary N) is 2. The molecule has 1 saturated heterocycles. The Balaban J connectivity index is 2.57. The van der Waals surface area contributed by atoms with Crippen LogP contribution in [0.5, 0.6) is 0 Å². The molecule has 1 rings (SSSR count). The molecule has 1 amide bonds. The number of amides is 1. The van der Waals surface area contributed by atoms with Crippen LogP contribution in [-0.2, 0) is 14.3 Å². The summed E-state index contributed by atoms with van der Waals surface area (Å²) in [6.45, 7) is 3.25. The maximum absolute atomic E-state index is 12.3. The van der Waals surface area contributed by atoms with Gasteiger partial charge in [0.1, 0.15) is 6.04 Å². The summed E-state index contributed by atoms with van der Waals surface area (Å²) >= 11 is 0. The van der Waals surface area contributed by atoms with E-state index >= 15 is 0 Å². The smallest absolute Gasteiger partial charge is 0.326 e. The second-order valence-corrected chi connectivity index (χ2v) is 4.97. The maximum atomic E-state index is 12.3. The zero-order chi connectivity index (χ0) is 14.3. The quantitative estimate of drug-likeness (QED) is 0.561. The first kappa shape index (κ1) is 15.9. The molecular formula is C13H24N2O4. The first-order chi connectivity index (χ1) is 9.05. The average molecular weight is 272 g/mol. The number of hydrogen-bond acceptors (Lipinski definition) is 4. The summed E-state index contributed by atoms with van der Waals surface area (Å²) in [4.78, 5) is 23.4. The Morgan fingerprint density at radius 3 is 2.74 bits per heavy atom. The standard InChI is InChI=1S/C13H24N2O4/c1-3-13(7-5-8-14-13)12(18)15-10(11(16)17)6-4-9-19-2/h10,14H,3-9H2,1-2H3,(H,15,18)(H,16,17). The van der Waals surface area contributed by atoms with Gasteiger partial charge in [-0.15, -0.1) is 0 Å². The van der Waals surface area contributed by atoms with Gasteiger partial charge in [0.25, 0.3) is 0 Å². The lowest BCUT2D eigenvalue weighted by Crippen LogP contribution is -2.56. The number of hydrogen-bond donors (Lipinski definition) is 3. The molecule has 0 aromatic rings. The fraction of sp³-hybridized carbons (Fsp3) is 0.846. The van der Waals surface area contributed by atoms with Crippen molar-refractivity contribution in [2.45, 2.75) is 50.6 Å². The van der Waals surface area contributed by atoms with Crippen LogP contribution in [0.2, 0.25) is 0 Å². The summed E-state index contributed by atoms with van der Waals surface area (Å²) in [6, 6.07) is -0.839. The molecule has 6 nitrogen and oxygen atoms in total. The van der Waals surface area contributed by atoms with Gasteiger partial charge in [-0.3, -0.25) is 4.79 Å². The van der Waals surface area contributed by atoms with Crippen molar-refractivity contribution in [1.29, 1.82) is 0 Å².